The van der Waals surface area contributed by atoms with Crippen molar-refractivity contribution in [1.29, 1.82) is 0 Å². The van der Waals surface area contributed by atoms with Gasteiger partial charge in [-0.15, -0.1) is 0 Å². The highest BCUT2D eigenvalue weighted by Gasteiger charge is 2.20. The molecule has 8 heteroatoms. The fraction of sp³-hybridized carbons (Fsp3) is 0. The van der Waals surface area contributed by atoms with Crippen LogP contribution in [0.4, 0.5) is 5.69 Å². The zero-order valence-electron chi connectivity index (χ0n) is 6.40. The molecule has 2 rings (SSSR count). The van der Waals surface area contributed by atoms with E-state index in [0.717, 1.165) is 11.7 Å². The van der Waals surface area contributed by atoms with E-state index in [-0.39, 0.29) is 26.8 Å². The van der Waals surface area contributed by atoms with Crippen LogP contribution in [0, 0.1) is 10.1 Å². The molecule has 0 unspecified atom stereocenters. The van der Waals surface area contributed by atoms with Crippen LogP contribution in [0.25, 0.3) is 11.0 Å². The van der Waals surface area contributed by atoms with E-state index in [9.17, 15) is 10.1 Å². The highest BCUT2D eigenvalue weighted by molar-refractivity contribution is 7.00. The Kier molecular flexibility index (Phi) is 2.26. The Labute approximate surface area is 91.7 Å². The zero-order chi connectivity index (χ0) is 10.3. The van der Waals surface area contributed by atoms with Crippen LogP contribution in [0.1, 0.15) is 0 Å². The number of non-ortho nitro benzene ring substituents is 1. The topological polar surface area (TPSA) is 68.9 Å². The molecule has 0 amide bonds. The molecule has 0 aliphatic rings. The van der Waals surface area contributed by atoms with Gasteiger partial charge in [-0.1, -0.05) is 23.2 Å². The van der Waals surface area contributed by atoms with E-state index in [0.29, 0.717) is 0 Å². The van der Waals surface area contributed by atoms with Crippen molar-refractivity contribution in [1.82, 2.24) is 8.75 Å². The minimum atomic E-state index is -0.564. The number of nitro benzene ring substituents is 1. The summed E-state index contributed by atoms with van der Waals surface area (Å²) >= 11 is 12.3. The number of halogens is 2. The lowest BCUT2D eigenvalue weighted by molar-refractivity contribution is -0.383. The molecule has 0 saturated carbocycles. The number of benzene rings is 1. The first kappa shape index (κ1) is 9.57. The van der Waals surface area contributed by atoms with Crippen molar-refractivity contribution in [3.05, 3.63) is 26.2 Å². The maximum Gasteiger partial charge on any atom is 0.299 e. The number of aromatic nitrogens is 2. The average molecular weight is 250 g/mol. The lowest BCUT2D eigenvalue weighted by Crippen LogP contribution is -1.90. The van der Waals surface area contributed by atoms with Gasteiger partial charge in [-0.2, -0.15) is 8.75 Å². The minimum Gasteiger partial charge on any atom is -0.258 e. The van der Waals surface area contributed by atoms with Crippen molar-refractivity contribution < 1.29 is 4.92 Å². The molecule has 0 N–H and O–H groups in total. The standard InChI is InChI=1S/C6HCl2N3O2S/c7-2-1-3(11(12)13)5-6(4(2)8)10-14-9-5/h1H. The monoisotopic (exact) mass is 249 g/mol. The van der Waals surface area contributed by atoms with E-state index < -0.39 is 4.92 Å². The second-order valence-electron chi connectivity index (χ2n) is 2.41. The van der Waals surface area contributed by atoms with Crippen molar-refractivity contribution in [3.8, 4) is 0 Å². The van der Waals surface area contributed by atoms with E-state index in [4.69, 9.17) is 23.2 Å². The second kappa shape index (κ2) is 3.30. The minimum absolute atomic E-state index is 0.110. The highest BCUT2D eigenvalue weighted by atomic mass is 35.5. The summed E-state index contributed by atoms with van der Waals surface area (Å²) < 4.78 is 7.62. The van der Waals surface area contributed by atoms with Crippen LogP contribution in [-0.2, 0) is 0 Å². The van der Waals surface area contributed by atoms with Gasteiger partial charge in [-0.3, -0.25) is 10.1 Å². The molecule has 0 radical (unpaired) electrons. The third-order valence-corrected chi connectivity index (χ3v) is 2.91. The molecule has 1 aromatic heterocycles. The van der Waals surface area contributed by atoms with E-state index in [1.165, 1.54) is 6.07 Å². The highest BCUT2D eigenvalue weighted by Crippen LogP contribution is 2.35. The first-order valence-corrected chi connectivity index (χ1v) is 4.84. The molecule has 0 aliphatic heterocycles. The van der Waals surface area contributed by atoms with E-state index >= 15 is 0 Å². The lowest BCUT2D eigenvalue weighted by atomic mass is 10.2. The summed E-state index contributed by atoms with van der Waals surface area (Å²) in [6, 6.07) is 1.17. The lowest BCUT2D eigenvalue weighted by Gasteiger charge is -1.96. The van der Waals surface area contributed by atoms with Gasteiger partial charge in [0.15, 0.2) is 5.52 Å². The number of hydrogen-bond donors (Lipinski definition) is 0. The Hall–Kier alpha value is -0.980. The second-order valence-corrected chi connectivity index (χ2v) is 3.72. The van der Waals surface area contributed by atoms with Gasteiger partial charge in [0, 0.05) is 6.07 Å². The third kappa shape index (κ3) is 1.31. The predicted molar refractivity (Wildman–Crippen MR) is 54.1 cm³/mol. The first-order chi connectivity index (χ1) is 6.61. The first-order valence-electron chi connectivity index (χ1n) is 3.36. The normalized spacial score (nSPS) is 10.7. The van der Waals surface area contributed by atoms with Gasteiger partial charge in [0.2, 0.25) is 0 Å². The quantitative estimate of drug-likeness (QED) is 0.576. The maximum absolute atomic E-state index is 10.6. The number of fused-ring (bicyclic) bond motifs is 1. The van der Waals surface area contributed by atoms with Crippen LogP contribution in [0.5, 0.6) is 0 Å². The van der Waals surface area contributed by atoms with Crippen molar-refractivity contribution in [2.45, 2.75) is 0 Å². The van der Waals surface area contributed by atoms with Crippen molar-refractivity contribution in [3.63, 3.8) is 0 Å². The smallest absolute Gasteiger partial charge is 0.258 e. The zero-order valence-corrected chi connectivity index (χ0v) is 8.73. The van der Waals surface area contributed by atoms with Gasteiger partial charge in [-0.05, 0) is 0 Å². The Morgan fingerprint density at radius 1 is 1.36 bits per heavy atom. The van der Waals surface area contributed by atoms with Gasteiger partial charge in [0.1, 0.15) is 5.52 Å². The molecule has 0 fully saturated rings. The molecule has 1 heterocycles. The van der Waals surface area contributed by atoms with Crippen molar-refractivity contribution >= 4 is 51.7 Å². The Balaban J connectivity index is 2.91. The molecule has 0 aliphatic carbocycles. The van der Waals surface area contributed by atoms with Crippen LogP contribution in [0.3, 0.4) is 0 Å². The van der Waals surface area contributed by atoms with Gasteiger partial charge in [0.25, 0.3) is 5.69 Å². The Morgan fingerprint density at radius 2 is 2.00 bits per heavy atom. The summed E-state index contributed by atoms with van der Waals surface area (Å²) in [6.45, 7) is 0. The van der Waals surface area contributed by atoms with Crippen LogP contribution >= 0.6 is 34.9 Å². The van der Waals surface area contributed by atoms with Crippen LogP contribution in [0.15, 0.2) is 6.07 Å². The molecule has 0 atom stereocenters. The van der Waals surface area contributed by atoms with E-state index in [1.807, 2.05) is 0 Å². The summed E-state index contributed by atoms with van der Waals surface area (Å²) in [5.41, 5.74) is 0.272. The predicted octanol–water partition coefficient (Wildman–Crippen LogP) is 2.91. The summed E-state index contributed by atoms with van der Waals surface area (Å²) in [6.07, 6.45) is 0. The summed E-state index contributed by atoms with van der Waals surface area (Å²) in [4.78, 5) is 10.1. The van der Waals surface area contributed by atoms with E-state index in [1.54, 1.807) is 0 Å². The summed E-state index contributed by atoms with van der Waals surface area (Å²) in [7, 11) is 0. The maximum atomic E-state index is 10.6. The molecule has 14 heavy (non-hydrogen) atoms. The molecule has 5 nitrogen and oxygen atoms in total. The van der Waals surface area contributed by atoms with Crippen molar-refractivity contribution in [2.75, 3.05) is 0 Å². The van der Waals surface area contributed by atoms with Gasteiger partial charge >= 0.3 is 0 Å². The van der Waals surface area contributed by atoms with Gasteiger partial charge < -0.3 is 0 Å². The fourth-order valence-electron chi connectivity index (χ4n) is 1.00. The molecule has 0 bridgehead atoms. The van der Waals surface area contributed by atoms with E-state index in [2.05, 4.69) is 8.75 Å². The summed E-state index contributed by atoms with van der Waals surface area (Å²) in [5.74, 6) is 0. The summed E-state index contributed by atoms with van der Waals surface area (Å²) in [5, 5.41) is 10.9. The number of nitrogens with zero attached hydrogens (tertiary/aromatic N) is 3. The molecular weight excluding hydrogens is 249 g/mol. The molecule has 2 aromatic rings. The molecule has 1 aromatic carbocycles. The van der Waals surface area contributed by atoms with Crippen LogP contribution in [-0.4, -0.2) is 13.7 Å². The third-order valence-electron chi connectivity index (χ3n) is 1.61. The molecular formula is C6HCl2N3O2S. The van der Waals surface area contributed by atoms with Gasteiger partial charge in [-0.25, -0.2) is 0 Å². The van der Waals surface area contributed by atoms with Crippen LogP contribution in [0.2, 0.25) is 10.0 Å². The van der Waals surface area contributed by atoms with Gasteiger partial charge in [0.05, 0.1) is 26.7 Å². The Morgan fingerprint density at radius 3 is 2.64 bits per heavy atom. The number of rotatable bonds is 1. The Bertz CT molecular complexity index is 527. The molecule has 72 valence electrons. The molecule has 0 saturated heterocycles. The SMILES string of the molecule is O=[N+]([O-])c1cc(Cl)c(Cl)c2nsnc12. The number of nitro groups is 1. The molecule has 0 spiro atoms. The van der Waals surface area contributed by atoms with Crippen LogP contribution < -0.4 is 0 Å². The van der Waals surface area contributed by atoms with Crippen molar-refractivity contribution in [2.24, 2.45) is 0 Å². The number of hydrogen-bond acceptors (Lipinski definition) is 5. The largest absolute Gasteiger partial charge is 0.299 e. The fourth-order valence-corrected chi connectivity index (χ4v) is 2.00. The average Bonchev–Trinajstić information content (AvgIpc) is 2.59.